The fourth-order valence-corrected chi connectivity index (χ4v) is 2.51. The summed E-state index contributed by atoms with van der Waals surface area (Å²) in [4.78, 5) is 55.3. The van der Waals surface area contributed by atoms with Gasteiger partial charge in [0.25, 0.3) is 11.8 Å². The van der Waals surface area contributed by atoms with Gasteiger partial charge in [0.05, 0.1) is 11.3 Å². The van der Waals surface area contributed by atoms with E-state index in [2.05, 4.69) is 28.5 Å². The van der Waals surface area contributed by atoms with Gasteiger partial charge in [0.15, 0.2) is 0 Å². The van der Waals surface area contributed by atoms with Crippen molar-refractivity contribution in [2.24, 2.45) is 0 Å². The van der Waals surface area contributed by atoms with Crippen molar-refractivity contribution in [1.82, 2.24) is 5.32 Å². The van der Waals surface area contributed by atoms with Gasteiger partial charge < -0.3 is 10.1 Å². The van der Waals surface area contributed by atoms with Crippen molar-refractivity contribution in [1.29, 1.82) is 0 Å². The Morgan fingerprint density at radius 2 is 1.64 bits per heavy atom. The Balaban J connectivity index is 0.000000266. The van der Waals surface area contributed by atoms with Gasteiger partial charge in [-0.1, -0.05) is 31.4 Å². The molecule has 8 heteroatoms. The molecule has 3 amide bonds. The molecule has 0 aromatic heterocycles. The molecule has 0 spiro atoms. The fraction of sp³-hybridized carbons (Fsp3) is 0.0500. The Morgan fingerprint density at radius 3 is 2.21 bits per heavy atom. The fourth-order valence-electron chi connectivity index (χ4n) is 2.51. The lowest BCUT2D eigenvalue weighted by atomic mass is 9.94. The van der Waals surface area contributed by atoms with Crippen molar-refractivity contribution < 1.29 is 28.7 Å². The van der Waals surface area contributed by atoms with Crippen LogP contribution in [0.5, 0.6) is 0 Å². The van der Waals surface area contributed by atoms with Crippen LogP contribution >= 0.6 is 0 Å². The van der Waals surface area contributed by atoms with Crippen LogP contribution in [0.3, 0.4) is 0 Å². The molecule has 8 nitrogen and oxygen atoms in total. The van der Waals surface area contributed by atoms with Gasteiger partial charge in [0.2, 0.25) is 5.91 Å². The number of carbonyl (C=O) groups is 5. The van der Waals surface area contributed by atoms with Crippen LogP contribution in [-0.4, -0.2) is 29.7 Å². The molecule has 3 rings (SSSR count). The normalized spacial score (nSPS) is 11.5. The molecule has 0 fully saturated rings. The average Bonchev–Trinajstić information content (AvgIpc) is 2.66. The van der Waals surface area contributed by atoms with Gasteiger partial charge in [-0.15, -0.1) is 0 Å². The summed E-state index contributed by atoms with van der Waals surface area (Å²) in [5.74, 6) is -2.70. The molecule has 2 aromatic rings. The van der Waals surface area contributed by atoms with Crippen molar-refractivity contribution in [2.45, 2.75) is 6.92 Å². The standard InChI is InChI=1S/C14H10N2O3.C6H6O3/c1-7(17)15-10-6-5-8-3-2-4-9-11(8)12(10)14(19)16-13(9)18;1-3-5(7)9-6(8)4-2/h2-6H,1H3,(H,15,17)(H,16,18,19);3-4H,1-2H2. The summed E-state index contributed by atoms with van der Waals surface area (Å²) in [5, 5.41) is 6.27. The lowest BCUT2D eigenvalue weighted by Gasteiger charge is -2.19. The van der Waals surface area contributed by atoms with Crippen molar-refractivity contribution in [3.8, 4) is 0 Å². The van der Waals surface area contributed by atoms with Crippen LogP contribution in [0.2, 0.25) is 0 Å². The average molecular weight is 380 g/mol. The van der Waals surface area contributed by atoms with E-state index in [-0.39, 0.29) is 5.91 Å². The first-order valence-corrected chi connectivity index (χ1v) is 7.98. The van der Waals surface area contributed by atoms with Gasteiger partial charge in [-0.05, 0) is 17.5 Å². The van der Waals surface area contributed by atoms with Crippen LogP contribution in [0, 0.1) is 0 Å². The van der Waals surface area contributed by atoms with Crippen LogP contribution in [0.1, 0.15) is 27.6 Å². The highest BCUT2D eigenvalue weighted by Crippen LogP contribution is 2.31. The maximum absolute atomic E-state index is 12.0. The first kappa shape index (κ1) is 20.2. The first-order chi connectivity index (χ1) is 13.3. The molecule has 2 aromatic carbocycles. The zero-order valence-corrected chi connectivity index (χ0v) is 14.9. The third-order valence-electron chi connectivity index (χ3n) is 3.59. The summed E-state index contributed by atoms with van der Waals surface area (Å²) in [6, 6.07) is 8.68. The molecule has 0 bridgehead atoms. The van der Waals surface area contributed by atoms with E-state index in [0.29, 0.717) is 22.2 Å². The van der Waals surface area contributed by atoms with E-state index in [4.69, 9.17) is 0 Å². The highest BCUT2D eigenvalue weighted by Gasteiger charge is 2.27. The van der Waals surface area contributed by atoms with Crippen molar-refractivity contribution in [3.63, 3.8) is 0 Å². The van der Waals surface area contributed by atoms with Crippen LogP contribution < -0.4 is 10.6 Å². The molecule has 0 aliphatic carbocycles. The number of nitrogens with one attached hydrogen (secondary N) is 2. The SMILES string of the molecule is C=CC(=O)OC(=O)C=C.CC(=O)Nc1ccc2cccc3c2c1C(=O)NC3=O. The highest BCUT2D eigenvalue weighted by molar-refractivity contribution is 6.28. The minimum absolute atomic E-state index is 0.266. The Bertz CT molecular complexity index is 1020. The summed E-state index contributed by atoms with van der Waals surface area (Å²) in [6.45, 7) is 7.54. The minimum Gasteiger partial charge on any atom is -0.387 e. The highest BCUT2D eigenvalue weighted by atomic mass is 16.6. The quantitative estimate of drug-likeness (QED) is 0.364. The zero-order valence-electron chi connectivity index (χ0n) is 14.9. The third kappa shape index (κ3) is 4.36. The molecule has 1 heterocycles. The van der Waals surface area contributed by atoms with Crippen molar-refractivity contribution in [3.05, 3.63) is 66.8 Å². The summed E-state index contributed by atoms with van der Waals surface area (Å²) >= 11 is 0. The van der Waals surface area contributed by atoms with Gasteiger partial charge in [-0.2, -0.15) is 0 Å². The molecule has 142 valence electrons. The number of esters is 2. The Kier molecular flexibility index (Phi) is 6.18. The molecule has 0 saturated carbocycles. The number of hydrogen-bond donors (Lipinski definition) is 2. The lowest BCUT2D eigenvalue weighted by molar-refractivity contribution is -0.152. The predicted octanol–water partition coefficient (Wildman–Crippen LogP) is 2.11. The smallest absolute Gasteiger partial charge is 0.338 e. The second-order valence-corrected chi connectivity index (χ2v) is 5.50. The first-order valence-electron chi connectivity index (χ1n) is 7.98. The van der Waals surface area contributed by atoms with Crippen molar-refractivity contribution in [2.75, 3.05) is 5.32 Å². The molecule has 0 unspecified atom stereocenters. The molecule has 0 atom stereocenters. The summed E-state index contributed by atoms with van der Waals surface area (Å²) in [6.07, 6.45) is 1.81. The zero-order chi connectivity index (χ0) is 20.8. The van der Waals surface area contributed by atoms with Gasteiger partial charge in [-0.3, -0.25) is 19.7 Å². The second-order valence-electron chi connectivity index (χ2n) is 5.50. The lowest BCUT2D eigenvalue weighted by Crippen LogP contribution is -2.35. The number of carbonyl (C=O) groups excluding carboxylic acids is 5. The monoisotopic (exact) mass is 380 g/mol. The maximum atomic E-state index is 12.0. The van der Waals surface area contributed by atoms with Crippen LogP contribution in [0.4, 0.5) is 5.69 Å². The van der Waals surface area contributed by atoms with E-state index in [9.17, 15) is 24.0 Å². The number of imide groups is 1. The summed E-state index contributed by atoms with van der Waals surface area (Å²) in [7, 11) is 0. The third-order valence-corrected chi connectivity index (χ3v) is 3.59. The van der Waals surface area contributed by atoms with E-state index in [1.165, 1.54) is 6.92 Å². The number of hydrogen-bond acceptors (Lipinski definition) is 6. The summed E-state index contributed by atoms with van der Waals surface area (Å²) in [5.41, 5.74) is 1.19. The largest absolute Gasteiger partial charge is 0.387 e. The molecular weight excluding hydrogens is 364 g/mol. The van der Waals surface area contributed by atoms with Crippen LogP contribution in [0.25, 0.3) is 10.8 Å². The number of ether oxygens (including phenoxy) is 1. The molecule has 2 N–H and O–H groups in total. The number of rotatable bonds is 3. The molecule has 1 aliphatic heterocycles. The Morgan fingerprint density at radius 1 is 1.00 bits per heavy atom. The Labute approximate surface area is 159 Å². The van der Waals surface area contributed by atoms with E-state index in [0.717, 1.165) is 17.5 Å². The molecular formula is C20H16N2O6. The van der Waals surface area contributed by atoms with Gasteiger partial charge in [0.1, 0.15) is 0 Å². The molecule has 0 radical (unpaired) electrons. The van der Waals surface area contributed by atoms with Crippen LogP contribution in [-0.2, 0) is 19.1 Å². The van der Waals surface area contributed by atoms with Crippen LogP contribution in [0.15, 0.2) is 55.6 Å². The van der Waals surface area contributed by atoms with E-state index in [1.54, 1.807) is 24.3 Å². The van der Waals surface area contributed by atoms with E-state index >= 15 is 0 Å². The molecule has 28 heavy (non-hydrogen) atoms. The van der Waals surface area contributed by atoms with Gasteiger partial charge >= 0.3 is 11.9 Å². The molecule has 0 saturated heterocycles. The molecule has 1 aliphatic rings. The number of benzene rings is 2. The predicted molar refractivity (Wildman–Crippen MR) is 102 cm³/mol. The van der Waals surface area contributed by atoms with Gasteiger partial charge in [0, 0.05) is 30.0 Å². The minimum atomic E-state index is -0.764. The number of amides is 3. The number of anilines is 1. The van der Waals surface area contributed by atoms with Crippen molar-refractivity contribution >= 4 is 46.1 Å². The maximum Gasteiger partial charge on any atom is 0.338 e. The van der Waals surface area contributed by atoms with E-state index < -0.39 is 23.8 Å². The topological polar surface area (TPSA) is 119 Å². The van der Waals surface area contributed by atoms with Gasteiger partial charge in [-0.25, -0.2) is 9.59 Å². The Hall–Kier alpha value is -4.07. The van der Waals surface area contributed by atoms with E-state index in [1.807, 2.05) is 6.07 Å². The summed E-state index contributed by atoms with van der Waals surface area (Å²) < 4.78 is 4.03. The second kappa shape index (κ2) is 8.54.